The SMILES string of the molecule is CC(c1nnc(C(N)c2ccccc2)s1)C1CC1. The fourth-order valence-electron chi connectivity index (χ4n) is 2.16. The summed E-state index contributed by atoms with van der Waals surface area (Å²) in [6, 6.07) is 9.93. The number of nitrogens with two attached hydrogens (primary N) is 1. The summed E-state index contributed by atoms with van der Waals surface area (Å²) in [4.78, 5) is 0. The third-order valence-corrected chi connectivity index (χ3v) is 4.81. The van der Waals surface area contributed by atoms with Gasteiger partial charge in [-0.2, -0.15) is 0 Å². The number of rotatable bonds is 4. The Morgan fingerprint density at radius 1 is 1.17 bits per heavy atom. The van der Waals surface area contributed by atoms with E-state index < -0.39 is 0 Å². The standard InChI is InChI=1S/C14H17N3S/c1-9(10-7-8-10)13-16-17-14(18-13)12(15)11-5-3-2-4-6-11/h2-6,9-10,12H,7-8,15H2,1H3. The van der Waals surface area contributed by atoms with Crippen LogP contribution in [0.4, 0.5) is 0 Å². The molecule has 0 saturated heterocycles. The highest BCUT2D eigenvalue weighted by Gasteiger charge is 2.31. The number of nitrogens with zero attached hydrogens (tertiary/aromatic N) is 2. The van der Waals surface area contributed by atoms with Crippen molar-refractivity contribution in [3.8, 4) is 0 Å². The molecule has 0 bridgehead atoms. The Morgan fingerprint density at radius 3 is 2.50 bits per heavy atom. The van der Waals surface area contributed by atoms with Crippen molar-refractivity contribution in [2.45, 2.75) is 31.7 Å². The molecule has 3 rings (SSSR count). The maximum absolute atomic E-state index is 6.23. The summed E-state index contributed by atoms with van der Waals surface area (Å²) in [5.41, 5.74) is 7.33. The minimum absolute atomic E-state index is 0.149. The average molecular weight is 259 g/mol. The molecule has 1 fully saturated rings. The van der Waals surface area contributed by atoms with Crippen molar-refractivity contribution >= 4 is 11.3 Å². The van der Waals surface area contributed by atoms with Crippen molar-refractivity contribution in [1.29, 1.82) is 0 Å². The van der Waals surface area contributed by atoms with Crippen LogP contribution < -0.4 is 5.73 Å². The monoisotopic (exact) mass is 259 g/mol. The maximum atomic E-state index is 6.23. The Kier molecular flexibility index (Phi) is 3.14. The summed E-state index contributed by atoms with van der Waals surface area (Å²) < 4.78 is 0. The molecule has 2 aromatic rings. The summed E-state index contributed by atoms with van der Waals surface area (Å²) in [5, 5.41) is 10.6. The Hall–Kier alpha value is -1.26. The summed E-state index contributed by atoms with van der Waals surface area (Å²) in [7, 11) is 0. The molecule has 0 aliphatic heterocycles. The highest BCUT2D eigenvalue weighted by atomic mass is 32.1. The first-order chi connectivity index (χ1) is 8.75. The quantitative estimate of drug-likeness (QED) is 0.918. The highest BCUT2D eigenvalue weighted by Crippen LogP contribution is 2.43. The molecule has 1 heterocycles. The predicted molar refractivity (Wildman–Crippen MR) is 73.5 cm³/mol. The van der Waals surface area contributed by atoms with E-state index in [-0.39, 0.29) is 6.04 Å². The van der Waals surface area contributed by atoms with Gasteiger partial charge in [0.25, 0.3) is 0 Å². The van der Waals surface area contributed by atoms with Gasteiger partial charge in [0, 0.05) is 5.92 Å². The Labute approximate surface area is 111 Å². The second kappa shape index (κ2) is 4.78. The van der Waals surface area contributed by atoms with Gasteiger partial charge in [0.05, 0.1) is 6.04 Å². The van der Waals surface area contributed by atoms with Crippen LogP contribution >= 0.6 is 11.3 Å². The molecule has 94 valence electrons. The van der Waals surface area contributed by atoms with Crippen LogP contribution in [0.25, 0.3) is 0 Å². The molecule has 1 aliphatic rings. The third-order valence-electron chi connectivity index (χ3n) is 3.60. The zero-order valence-electron chi connectivity index (χ0n) is 10.4. The molecule has 1 aliphatic carbocycles. The minimum atomic E-state index is -0.149. The molecule has 18 heavy (non-hydrogen) atoms. The minimum Gasteiger partial charge on any atom is -0.318 e. The van der Waals surface area contributed by atoms with Crippen molar-refractivity contribution in [2.24, 2.45) is 11.7 Å². The number of hydrogen-bond acceptors (Lipinski definition) is 4. The molecule has 0 radical (unpaired) electrons. The molecule has 1 aromatic carbocycles. The number of hydrogen-bond donors (Lipinski definition) is 1. The van der Waals surface area contributed by atoms with Gasteiger partial charge in [-0.3, -0.25) is 0 Å². The summed E-state index contributed by atoms with van der Waals surface area (Å²) >= 11 is 1.67. The van der Waals surface area contributed by atoms with Crippen LogP contribution in [0.3, 0.4) is 0 Å². The first-order valence-corrected chi connectivity index (χ1v) is 7.21. The molecule has 0 amide bonds. The molecule has 2 N–H and O–H groups in total. The molecule has 1 aromatic heterocycles. The second-order valence-electron chi connectivity index (χ2n) is 4.99. The lowest BCUT2D eigenvalue weighted by molar-refractivity contribution is 0.649. The van der Waals surface area contributed by atoms with E-state index in [9.17, 15) is 0 Å². The van der Waals surface area contributed by atoms with E-state index in [1.165, 1.54) is 12.8 Å². The van der Waals surface area contributed by atoms with Crippen LogP contribution in [0, 0.1) is 5.92 Å². The van der Waals surface area contributed by atoms with Crippen LogP contribution in [0.15, 0.2) is 30.3 Å². The summed E-state index contributed by atoms with van der Waals surface area (Å²) in [5.74, 6) is 1.36. The van der Waals surface area contributed by atoms with E-state index in [4.69, 9.17) is 5.73 Å². The molecule has 2 atom stereocenters. The Balaban J connectivity index is 1.80. The molecule has 4 heteroatoms. The van der Waals surface area contributed by atoms with Gasteiger partial charge in [0.15, 0.2) is 0 Å². The fraction of sp³-hybridized carbons (Fsp3) is 0.429. The molecular weight excluding hydrogens is 242 g/mol. The molecular formula is C14H17N3S. The van der Waals surface area contributed by atoms with Gasteiger partial charge >= 0.3 is 0 Å². The highest BCUT2D eigenvalue weighted by molar-refractivity contribution is 7.11. The van der Waals surface area contributed by atoms with E-state index in [1.807, 2.05) is 30.3 Å². The van der Waals surface area contributed by atoms with E-state index in [2.05, 4.69) is 17.1 Å². The summed E-state index contributed by atoms with van der Waals surface area (Å²) in [6.07, 6.45) is 2.67. The fourth-order valence-corrected chi connectivity index (χ4v) is 3.18. The van der Waals surface area contributed by atoms with Crippen LogP contribution in [-0.2, 0) is 0 Å². The van der Waals surface area contributed by atoms with Crippen molar-refractivity contribution in [3.05, 3.63) is 45.9 Å². The largest absolute Gasteiger partial charge is 0.318 e. The lowest BCUT2D eigenvalue weighted by atomic mass is 10.1. The van der Waals surface area contributed by atoms with Crippen molar-refractivity contribution in [2.75, 3.05) is 0 Å². The van der Waals surface area contributed by atoms with Crippen molar-refractivity contribution < 1.29 is 0 Å². The van der Waals surface area contributed by atoms with Gasteiger partial charge in [0.2, 0.25) is 0 Å². The normalized spacial score (nSPS) is 18.6. The van der Waals surface area contributed by atoms with E-state index in [0.717, 1.165) is 21.5 Å². The topological polar surface area (TPSA) is 51.8 Å². The zero-order chi connectivity index (χ0) is 12.5. The molecule has 2 unspecified atom stereocenters. The van der Waals surface area contributed by atoms with Gasteiger partial charge in [-0.25, -0.2) is 0 Å². The van der Waals surface area contributed by atoms with Crippen molar-refractivity contribution in [3.63, 3.8) is 0 Å². The maximum Gasteiger partial charge on any atom is 0.138 e. The first kappa shape index (κ1) is 11.8. The third kappa shape index (κ3) is 2.31. The Morgan fingerprint density at radius 2 is 1.83 bits per heavy atom. The average Bonchev–Trinajstić information content (AvgIpc) is 3.15. The predicted octanol–water partition coefficient (Wildman–Crippen LogP) is 3.10. The lowest BCUT2D eigenvalue weighted by Crippen LogP contribution is -2.11. The second-order valence-corrected chi connectivity index (χ2v) is 6.03. The van der Waals surface area contributed by atoms with Gasteiger partial charge in [-0.15, -0.1) is 10.2 Å². The van der Waals surface area contributed by atoms with Crippen LogP contribution in [0.2, 0.25) is 0 Å². The van der Waals surface area contributed by atoms with E-state index >= 15 is 0 Å². The molecule has 3 nitrogen and oxygen atoms in total. The van der Waals surface area contributed by atoms with Gasteiger partial charge in [-0.05, 0) is 24.3 Å². The number of aromatic nitrogens is 2. The van der Waals surface area contributed by atoms with Gasteiger partial charge in [0.1, 0.15) is 10.0 Å². The molecule has 1 saturated carbocycles. The van der Waals surface area contributed by atoms with E-state index in [0.29, 0.717) is 5.92 Å². The number of benzene rings is 1. The van der Waals surface area contributed by atoms with Crippen molar-refractivity contribution in [1.82, 2.24) is 10.2 Å². The smallest absolute Gasteiger partial charge is 0.138 e. The van der Waals surface area contributed by atoms with Crippen LogP contribution in [0.5, 0.6) is 0 Å². The van der Waals surface area contributed by atoms with Crippen LogP contribution in [-0.4, -0.2) is 10.2 Å². The van der Waals surface area contributed by atoms with E-state index in [1.54, 1.807) is 11.3 Å². The first-order valence-electron chi connectivity index (χ1n) is 6.39. The molecule has 0 spiro atoms. The summed E-state index contributed by atoms with van der Waals surface area (Å²) in [6.45, 7) is 2.25. The van der Waals surface area contributed by atoms with Gasteiger partial charge in [-0.1, -0.05) is 48.6 Å². The Bertz CT molecular complexity index is 519. The zero-order valence-corrected chi connectivity index (χ0v) is 11.2. The lowest BCUT2D eigenvalue weighted by Gasteiger charge is -2.07. The van der Waals surface area contributed by atoms with Crippen LogP contribution in [0.1, 0.15) is 47.3 Å². The van der Waals surface area contributed by atoms with Gasteiger partial charge < -0.3 is 5.73 Å².